The molecule has 2 aromatic rings. The molecule has 1 aromatic carbocycles. The zero-order valence-electron chi connectivity index (χ0n) is 10.2. The number of allylic oxidation sites excluding steroid dienone is 2. The number of carboxylic acid groups (broad SMARTS) is 1. The number of aromatic carboxylic acids is 1. The lowest BCUT2D eigenvalue weighted by Gasteiger charge is -1.99. The summed E-state index contributed by atoms with van der Waals surface area (Å²) in [5.74, 6) is -0.965. The molecule has 1 aromatic heterocycles. The van der Waals surface area contributed by atoms with E-state index >= 15 is 0 Å². The predicted octanol–water partition coefficient (Wildman–Crippen LogP) is 2.86. The molecule has 4 nitrogen and oxygen atoms in total. The third kappa shape index (κ3) is 2.18. The number of fused-ring (bicyclic) bond motifs is 1. The molecule has 0 aliphatic heterocycles. The van der Waals surface area contributed by atoms with Crippen LogP contribution < -0.4 is 0 Å². The highest BCUT2D eigenvalue weighted by Crippen LogP contribution is 2.25. The van der Waals surface area contributed by atoms with Crippen molar-refractivity contribution in [3.05, 3.63) is 41.6 Å². The highest BCUT2D eigenvalue weighted by Gasteiger charge is 2.09. The van der Waals surface area contributed by atoms with Gasteiger partial charge in [-0.05, 0) is 37.6 Å². The van der Waals surface area contributed by atoms with Crippen LogP contribution >= 0.6 is 0 Å². The number of carbonyl (C=O) groups excluding carboxylic acids is 1. The molecule has 0 fully saturated rings. The van der Waals surface area contributed by atoms with Crippen LogP contribution in [0, 0.1) is 0 Å². The van der Waals surface area contributed by atoms with Gasteiger partial charge in [0.05, 0.1) is 5.56 Å². The average molecular weight is 243 g/mol. The van der Waals surface area contributed by atoms with Crippen LogP contribution in [0.5, 0.6) is 0 Å². The van der Waals surface area contributed by atoms with Crippen molar-refractivity contribution in [3.8, 4) is 0 Å². The molecule has 0 aliphatic carbocycles. The maximum atomic E-state index is 11.1. The molecule has 0 aliphatic rings. The molecule has 1 heterocycles. The number of rotatable bonds is 3. The molecule has 0 bridgehead atoms. The third-order valence-corrected chi connectivity index (χ3v) is 2.77. The van der Waals surface area contributed by atoms with Gasteiger partial charge in [0.15, 0.2) is 5.78 Å². The maximum Gasteiger partial charge on any atom is 0.335 e. The minimum absolute atomic E-state index is 0.0102. The molecule has 18 heavy (non-hydrogen) atoms. The van der Waals surface area contributed by atoms with E-state index in [0.717, 1.165) is 22.0 Å². The van der Waals surface area contributed by atoms with Gasteiger partial charge in [0, 0.05) is 22.7 Å². The van der Waals surface area contributed by atoms with Crippen molar-refractivity contribution in [2.24, 2.45) is 0 Å². The molecule has 2 N–H and O–H groups in total. The van der Waals surface area contributed by atoms with Crippen molar-refractivity contribution in [1.29, 1.82) is 0 Å². The van der Waals surface area contributed by atoms with Crippen LogP contribution in [0.2, 0.25) is 0 Å². The Hall–Kier alpha value is -2.36. The van der Waals surface area contributed by atoms with E-state index in [4.69, 9.17) is 5.11 Å². The first-order chi connectivity index (χ1) is 8.49. The molecule has 0 saturated heterocycles. The Morgan fingerprint density at radius 3 is 2.61 bits per heavy atom. The normalized spacial score (nSPS) is 11.8. The number of carboxylic acids is 1. The Labute approximate surface area is 104 Å². The van der Waals surface area contributed by atoms with Crippen LogP contribution in [0.15, 0.2) is 30.5 Å². The number of carbonyl (C=O) groups is 2. The van der Waals surface area contributed by atoms with Crippen LogP contribution in [-0.4, -0.2) is 21.8 Å². The van der Waals surface area contributed by atoms with Crippen LogP contribution in [0.1, 0.15) is 29.8 Å². The van der Waals surface area contributed by atoms with Crippen molar-refractivity contribution in [3.63, 3.8) is 0 Å². The number of nitrogens with one attached hydrogen (secondary N) is 1. The summed E-state index contributed by atoms with van der Waals surface area (Å²) in [5, 5.41) is 9.82. The molecule has 0 spiro atoms. The topological polar surface area (TPSA) is 70.2 Å². The van der Waals surface area contributed by atoms with Crippen molar-refractivity contribution in [2.75, 3.05) is 0 Å². The van der Waals surface area contributed by atoms with Crippen molar-refractivity contribution >= 4 is 28.2 Å². The number of hydrogen-bond donors (Lipinski definition) is 2. The largest absolute Gasteiger partial charge is 0.478 e. The fourth-order valence-corrected chi connectivity index (χ4v) is 1.97. The monoisotopic (exact) mass is 243 g/mol. The molecule has 92 valence electrons. The Balaban J connectivity index is 2.56. The lowest BCUT2D eigenvalue weighted by Crippen LogP contribution is -1.95. The SMILES string of the molecule is CC(=O)/C=C(\C)c1c[nH]c2cc(C(=O)O)ccc12. The van der Waals surface area contributed by atoms with Gasteiger partial charge in [-0.2, -0.15) is 0 Å². The number of benzene rings is 1. The van der Waals surface area contributed by atoms with E-state index in [9.17, 15) is 9.59 Å². The Kier molecular flexibility index (Phi) is 3.02. The van der Waals surface area contributed by atoms with Gasteiger partial charge in [0.1, 0.15) is 0 Å². The standard InChI is InChI=1S/C14H13NO3/c1-8(5-9(2)16)12-7-15-13-6-10(14(17)18)3-4-11(12)13/h3-7,15H,1-2H3,(H,17,18)/b8-5+. The lowest BCUT2D eigenvalue weighted by atomic mass is 10.0. The summed E-state index contributed by atoms with van der Waals surface area (Å²) in [6.45, 7) is 3.36. The van der Waals surface area contributed by atoms with E-state index in [-0.39, 0.29) is 11.3 Å². The lowest BCUT2D eigenvalue weighted by molar-refractivity contribution is -0.112. The van der Waals surface area contributed by atoms with Gasteiger partial charge >= 0.3 is 5.97 Å². The van der Waals surface area contributed by atoms with E-state index in [2.05, 4.69) is 4.98 Å². The molecule has 0 atom stereocenters. The van der Waals surface area contributed by atoms with E-state index in [1.807, 2.05) is 6.92 Å². The summed E-state index contributed by atoms with van der Waals surface area (Å²) >= 11 is 0. The Morgan fingerprint density at radius 2 is 2.00 bits per heavy atom. The Bertz CT molecular complexity index is 665. The Morgan fingerprint density at radius 1 is 1.28 bits per heavy atom. The molecule has 0 unspecified atom stereocenters. The van der Waals surface area contributed by atoms with Gasteiger partial charge in [0.25, 0.3) is 0 Å². The summed E-state index contributed by atoms with van der Waals surface area (Å²) < 4.78 is 0. The zero-order valence-corrected chi connectivity index (χ0v) is 10.2. The summed E-state index contributed by atoms with van der Waals surface area (Å²) in [4.78, 5) is 24.9. The van der Waals surface area contributed by atoms with E-state index < -0.39 is 5.97 Å². The summed E-state index contributed by atoms with van der Waals surface area (Å²) in [6.07, 6.45) is 3.35. The highest BCUT2D eigenvalue weighted by molar-refractivity contribution is 6.01. The molecule has 0 radical (unpaired) electrons. The average Bonchev–Trinajstić information content (AvgIpc) is 2.70. The molecule has 0 saturated carbocycles. The molecular formula is C14H13NO3. The first kappa shape index (κ1) is 12.1. The van der Waals surface area contributed by atoms with Gasteiger partial charge < -0.3 is 10.1 Å². The fourth-order valence-electron chi connectivity index (χ4n) is 1.97. The second-order valence-corrected chi connectivity index (χ2v) is 4.21. The predicted molar refractivity (Wildman–Crippen MR) is 69.6 cm³/mol. The number of H-pyrrole nitrogens is 1. The summed E-state index contributed by atoms with van der Waals surface area (Å²) in [7, 11) is 0. The smallest absolute Gasteiger partial charge is 0.335 e. The van der Waals surface area contributed by atoms with E-state index in [0.29, 0.717) is 0 Å². The zero-order chi connectivity index (χ0) is 13.3. The second kappa shape index (κ2) is 4.49. The maximum absolute atomic E-state index is 11.1. The number of aromatic nitrogens is 1. The first-order valence-corrected chi connectivity index (χ1v) is 5.52. The van der Waals surface area contributed by atoms with Crippen LogP contribution in [0.25, 0.3) is 16.5 Å². The van der Waals surface area contributed by atoms with E-state index in [1.165, 1.54) is 6.92 Å². The highest BCUT2D eigenvalue weighted by atomic mass is 16.4. The van der Waals surface area contributed by atoms with Crippen molar-refractivity contribution in [1.82, 2.24) is 4.98 Å². The third-order valence-electron chi connectivity index (χ3n) is 2.77. The van der Waals surface area contributed by atoms with Crippen molar-refractivity contribution < 1.29 is 14.7 Å². The van der Waals surface area contributed by atoms with Gasteiger partial charge in [-0.15, -0.1) is 0 Å². The van der Waals surface area contributed by atoms with Gasteiger partial charge in [-0.1, -0.05) is 6.07 Å². The van der Waals surface area contributed by atoms with Crippen LogP contribution in [0.3, 0.4) is 0 Å². The van der Waals surface area contributed by atoms with E-state index in [1.54, 1.807) is 30.5 Å². The summed E-state index contributed by atoms with van der Waals surface area (Å²) in [6, 6.07) is 4.90. The van der Waals surface area contributed by atoms with Gasteiger partial charge in [0.2, 0.25) is 0 Å². The minimum Gasteiger partial charge on any atom is -0.478 e. The second-order valence-electron chi connectivity index (χ2n) is 4.21. The van der Waals surface area contributed by atoms with Crippen LogP contribution in [0.4, 0.5) is 0 Å². The minimum atomic E-state index is -0.955. The first-order valence-electron chi connectivity index (χ1n) is 5.52. The molecule has 0 amide bonds. The van der Waals surface area contributed by atoms with Crippen molar-refractivity contribution in [2.45, 2.75) is 13.8 Å². The van der Waals surface area contributed by atoms with Gasteiger partial charge in [-0.3, -0.25) is 4.79 Å². The number of aromatic amines is 1. The number of hydrogen-bond acceptors (Lipinski definition) is 2. The number of ketones is 1. The summed E-state index contributed by atoms with van der Waals surface area (Å²) in [5.41, 5.74) is 2.76. The van der Waals surface area contributed by atoms with Crippen LogP contribution in [-0.2, 0) is 4.79 Å². The fraction of sp³-hybridized carbons (Fsp3) is 0.143. The molecule has 2 rings (SSSR count). The quantitative estimate of drug-likeness (QED) is 0.814. The van der Waals surface area contributed by atoms with Gasteiger partial charge in [-0.25, -0.2) is 4.79 Å². The molecular weight excluding hydrogens is 230 g/mol. The molecule has 4 heteroatoms.